The molecule has 0 aromatic carbocycles. The Labute approximate surface area is 178 Å². The molecule has 0 bridgehead atoms. The zero-order valence-electron chi connectivity index (χ0n) is 19.0. The van der Waals surface area contributed by atoms with E-state index in [2.05, 4.69) is 0 Å². The van der Waals surface area contributed by atoms with Crippen LogP contribution in [0.2, 0.25) is 0 Å². The third-order valence-electron chi connectivity index (χ3n) is 3.07. The number of ether oxygens (including phenoxy) is 5. The van der Waals surface area contributed by atoms with Gasteiger partial charge in [-0.15, -0.1) is 0 Å². The Kier molecular flexibility index (Phi) is 13.3. The van der Waals surface area contributed by atoms with Crippen LogP contribution in [0.1, 0.15) is 54.4 Å². The molecule has 176 valence electrons. The topological polar surface area (TPSA) is 121 Å². The number of amides is 2. The fraction of sp³-hybridized carbons (Fsp3) is 0.850. The molecule has 0 aromatic rings. The van der Waals surface area contributed by atoms with Gasteiger partial charge < -0.3 is 28.8 Å². The fourth-order valence-electron chi connectivity index (χ4n) is 1.94. The Morgan fingerprint density at radius 3 is 1.50 bits per heavy atom. The van der Waals surface area contributed by atoms with E-state index in [1.807, 2.05) is 0 Å². The van der Waals surface area contributed by atoms with Crippen LogP contribution >= 0.6 is 0 Å². The van der Waals surface area contributed by atoms with Gasteiger partial charge >= 0.3 is 18.2 Å². The molecule has 10 heteroatoms. The van der Waals surface area contributed by atoms with Gasteiger partial charge in [0.15, 0.2) is 0 Å². The van der Waals surface area contributed by atoms with Crippen molar-refractivity contribution in [1.82, 2.24) is 4.90 Å². The normalized spacial score (nSPS) is 11.8. The highest BCUT2D eigenvalue weighted by atomic mass is 16.6. The summed E-state index contributed by atoms with van der Waals surface area (Å²) in [5, 5.41) is 8.43. The summed E-state index contributed by atoms with van der Waals surface area (Å²) in [7, 11) is 0. The van der Waals surface area contributed by atoms with Crippen molar-refractivity contribution in [3.63, 3.8) is 0 Å². The molecule has 0 aliphatic carbocycles. The van der Waals surface area contributed by atoms with Gasteiger partial charge in [0.2, 0.25) is 0 Å². The molecular weight excluding hydrogens is 398 g/mol. The number of imide groups is 1. The maximum absolute atomic E-state index is 12.3. The Hall–Kier alpha value is -1.91. The minimum atomic E-state index is -0.995. The number of nitrogens with zero attached hydrogens (tertiary/aromatic N) is 1. The lowest BCUT2D eigenvalue weighted by Gasteiger charge is -2.28. The molecule has 0 unspecified atom stereocenters. The van der Waals surface area contributed by atoms with Crippen LogP contribution in [0.25, 0.3) is 0 Å². The molecule has 10 nitrogen and oxygen atoms in total. The van der Waals surface area contributed by atoms with Crippen LogP contribution in [-0.2, 0) is 28.5 Å². The number of carbonyl (C=O) groups is 3. The van der Waals surface area contributed by atoms with E-state index in [-0.39, 0.29) is 19.8 Å². The summed E-state index contributed by atoms with van der Waals surface area (Å²) in [6.07, 6.45) is -0.327. The molecule has 0 radical (unpaired) electrons. The van der Waals surface area contributed by atoms with Crippen LogP contribution < -0.4 is 0 Å². The van der Waals surface area contributed by atoms with Gasteiger partial charge in [-0.1, -0.05) is 0 Å². The molecule has 0 atom stereocenters. The lowest BCUT2D eigenvalue weighted by molar-refractivity contribution is -0.142. The largest absolute Gasteiger partial charge is 0.480 e. The maximum Gasteiger partial charge on any atom is 0.419 e. The number of hydrogen-bond donors (Lipinski definition) is 1. The van der Waals surface area contributed by atoms with Crippen molar-refractivity contribution in [3.8, 4) is 0 Å². The molecule has 0 saturated carbocycles. The second kappa shape index (κ2) is 14.2. The summed E-state index contributed by atoms with van der Waals surface area (Å²) in [5.74, 6) is -0.995. The number of carboxylic acid groups (broad SMARTS) is 1. The molecular formula is C20H37NO9. The van der Waals surface area contributed by atoms with Gasteiger partial charge in [-0.3, -0.25) is 0 Å². The number of aliphatic carboxylic acids is 1. The maximum atomic E-state index is 12.3. The lowest BCUT2D eigenvalue weighted by atomic mass is 10.2. The predicted octanol–water partition coefficient (Wildman–Crippen LogP) is 3.07. The van der Waals surface area contributed by atoms with Crippen molar-refractivity contribution in [1.29, 1.82) is 0 Å². The second-order valence-corrected chi connectivity index (χ2v) is 8.49. The Morgan fingerprint density at radius 2 is 1.10 bits per heavy atom. The molecule has 0 heterocycles. The number of carbonyl (C=O) groups excluding carboxylic acids is 2. The van der Waals surface area contributed by atoms with E-state index >= 15 is 0 Å². The SMILES string of the molecule is CC(C)(C)OC(=O)N(CCOCCCOCCCOCC(=O)O)C(=O)OC(C)(C)C. The first-order valence-electron chi connectivity index (χ1n) is 10.0. The summed E-state index contributed by atoms with van der Waals surface area (Å²) < 4.78 is 26.3. The highest BCUT2D eigenvalue weighted by Crippen LogP contribution is 2.14. The van der Waals surface area contributed by atoms with Gasteiger partial charge in [-0.25, -0.2) is 19.3 Å². The molecule has 0 aliphatic rings. The van der Waals surface area contributed by atoms with Gasteiger partial charge in [0, 0.05) is 26.4 Å². The zero-order valence-corrected chi connectivity index (χ0v) is 19.0. The predicted molar refractivity (Wildman–Crippen MR) is 109 cm³/mol. The number of rotatable bonds is 13. The quantitative estimate of drug-likeness (QED) is 0.435. The van der Waals surface area contributed by atoms with Gasteiger partial charge in [0.1, 0.15) is 17.8 Å². The number of carboxylic acids is 1. The first kappa shape index (κ1) is 28.1. The molecule has 0 saturated heterocycles. The number of hydrogen-bond acceptors (Lipinski definition) is 8. The molecule has 1 N–H and O–H groups in total. The van der Waals surface area contributed by atoms with E-state index in [0.717, 1.165) is 4.90 Å². The summed E-state index contributed by atoms with van der Waals surface area (Å²) in [6.45, 7) is 11.8. The van der Waals surface area contributed by atoms with Crippen LogP contribution in [0, 0.1) is 0 Å². The van der Waals surface area contributed by atoms with Crippen molar-refractivity contribution in [2.45, 2.75) is 65.6 Å². The van der Waals surface area contributed by atoms with E-state index in [0.29, 0.717) is 39.3 Å². The second-order valence-electron chi connectivity index (χ2n) is 8.49. The zero-order chi connectivity index (χ0) is 23.2. The summed E-state index contributed by atoms with van der Waals surface area (Å²) in [4.78, 5) is 35.8. The summed E-state index contributed by atoms with van der Waals surface area (Å²) in [6, 6.07) is 0. The van der Waals surface area contributed by atoms with Gasteiger partial charge in [0.05, 0.1) is 13.2 Å². The van der Waals surface area contributed by atoms with Crippen molar-refractivity contribution in [3.05, 3.63) is 0 Å². The van der Waals surface area contributed by atoms with Crippen LogP contribution in [-0.4, -0.2) is 85.6 Å². The van der Waals surface area contributed by atoms with E-state index in [4.69, 9.17) is 28.8 Å². The summed E-state index contributed by atoms with van der Waals surface area (Å²) in [5.41, 5.74) is -1.48. The first-order valence-corrected chi connectivity index (χ1v) is 10.0. The molecule has 30 heavy (non-hydrogen) atoms. The first-order chi connectivity index (χ1) is 13.8. The van der Waals surface area contributed by atoms with Crippen LogP contribution in [0.4, 0.5) is 9.59 Å². The van der Waals surface area contributed by atoms with E-state index in [9.17, 15) is 14.4 Å². The van der Waals surface area contributed by atoms with Crippen molar-refractivity contribution in [2.75, 3.05) is 46.2 Å². The Bertz CT molecular complexity index is 495. The average Bonchev–Trinajstić information content (AvgIpc) is 2.55. The molecule has 2 amide bonds. The van der Waals surface area contributed by atoms with Crippen molar-refractivity contribution >= 4 is 18.2 Å². The van der Waals surface area contributed by atoms with Crippen LogP contribution in [0.5, 0.6) is 0 Å². The third kappa shape index (κ3) is 17.0. The standard InChI is InChI=1S/C20H37NO9/c1-19(2,3)29-17(24)21(18(25)30-20(4,5)6)9-14-27-12-7-10-26-11-8-13-28-15-16(22)23/h7-15H2,1-6H3,(H,22,23). The Balaban J connectivity index is 4.12. The molecule has 0 aromatic heterocycles. The van der Waals surface area contributed by atoms with Crippen molar-refractivity contribution in [2.24, 2.45) is 0 Å². The average molecular weight is 436 g/mol. The Morgan fingerprint density at radius 1 is 0.700 bits per heavy atom. The molecule has 0 fully saturated rings. The fourth-order valence-corrected chi connectivity index (χ4v) is 1.94. The van der Waals surface area contributed by atoms with Crippen LogP contribution in [0.15, 0.2) is 0 Å². The monoisotopic (exact) mass is 435 g/mol. The molecule has 0 rings (SSSR count). The summed E-state index contributed by atoms with van der Waals surface area (Å²) >= 11 is 0. The third-order valence-corrected chi connectivity index (χ3v) is 3.07. The van der Waals surface area contributed by atoms with E-state index in [1.165, 1.54) is 0 Å². The molecule has 0 aliphatic heterocycles. The minimum Gasteiger partial charge on any atom is -0.480 e. The highest BCUT2D eigenvalue weighted by molar-refractivity contribution is 5.88. The van der Waals surface area contributed by atoms with E-state index in [1.54, 1.807) is 41.5 Å². The van der Waals surface area contributed by atoms with E-state index < -0.39 is 29.4 Å². The lowest BCUT2D eigenvalue weighted by Crippen LogP contribution is -2.45. The van der Waals surface area contributed by atoms with Crippen LogP contribution in [0.3, 0.4) is 0 Å². The van der Waals surface area contributed by atoms with Crippen molar-refractivity contribution < 1.29 is 43.2 Å². The molecule has 0 spiro atoms. The van der Waals surface area contributed by atoms with Gasteiger partial charge in [0.25, 0.3) is 0 Å². The van der Waals surface area contributed by atoms with Gasteiger partial charge in [-0.2, -0.15) is 0 Å². The van der Waals surface area contributed by atoms with Gasteiger partial charge in [-0.05, 0) is 54.4 Å². The highest BCUT2D eigenvalue weighted by Gasteiger charge is 2.30. The smallest absolute Gasteiger partial charge is 0.419 e. The minimum absolute atomic E-state index is 0.00556.